The van der Waals surface area contributed by atoms with Gasteiger partial charge in [-0.25, -0.2) is 9.97 Å². The van der Waals surface area contributed by atoms with Gasteiger partial charge in [0, 0.05) is 40.3 Å². The van der Waals surface area contributed by atoms with Crippen molar-refractivity contribution in [1.29, 1.82) is 0 Å². The van der Waals surface area contributed by atoms with E-state index in [0.717, 1.165) is 61.4 Å². The first-order valence-electron chi connectivity index (χ1n) is 12.5. The van der Waals surface area contributed by atoms with E-state index in [1.807, 2.05) is 30.5 Å². The van der Waals surface area contributed by atoms with E-state index >= 15 is 0 Å². The summed E-state index contributed by atoms with van der Waals surface area (Å²) in [6.07, 6.45) is 10.8. The van der Waals surface area contributed by atoms with Crippen LogP contribution < -0.4 is 16.0 Å². The molecule has 2 bridgehead atoms. The number of H-pyrrole nitrogens is 1. The Hall–Kier alpha value is -3.39. The van der Waals surface area contributed by atoms with Crippen molar-refractivity contribution in [2.24, 2.45) is 5.41 Å². The molecule has 36 heavy (non-hydrogen) atoms. The number of carbonyl (C=O) groups is 2. The van der Waals surface area contributed by atoms with Crippen molar-refractivity contribution in [2.45, 2.75) is 62.6 Å². The maximum absolute atomic E-state index is 13.0. The zero-order chi connectivity index (χ0) is 24.9. The Kier molecular flexibility index (Phi) is 5.52. The zero-order valence-electron chi connectivity index (χ0n) is 19.9. The summed E-state index contributed by atoms with van der Waals surface area (Å²) in [6, 6.07) is 8.32. The summed E-state index contributed by atoms with van der Waals surface area (Å²) in [6.45, 7) is 3.51. The lowest BCUT2D eigenvalue weighted by molar-refractivity contribution is -0.183. The van der Waals surface area contributed by atoms with Gasteiger partial charge in [-0.05, 0) is 57.1 Å². The van der Waals surface area contributed by atoms with Gasteiger partial charge in [0.2, 0.25) is 17.8 Å². The topological polar surface area (TPSA) is 112 Å². The van der Waals surface area contributed by atoms with Crippen LogP contribution in [0.3, 0.4) is 0 Å². The molecule has 4 N–H and O–H groups in total. The Morgan fingerprint density at radius 1 is 1.17 bits per heavy atom. The SMILES string of the molecule is C=CC(=O)NC12CC(C(=O)N[C@H]3CCC[C@@H](Nc4ncc(Cl)c(-c5c[nH]c6ccccc56)n4)C3)(C1)C2. The molecule has 0 aliphatic heterocycles. The summed E-state index contributed by atoms with van der Waals surface area (Å²) in [5, 5.41) is 11.3. The molecule has 0 spiro atoms. The summed E-state index contributed by atoms with van der Waals surface area (Å²) in [7, 11) is 0. The summed E-state index contributed by atoms with van der Waals surface area (Å²) in [5.41, 5.74) is 2.14. The third-order valence-corrected chi connectivity index (χ3v) is 8.29. The normalized spacial score (nSPS) is 28.5. The number of halogens is 1. The first-order chi connectivity index (χ1) is 17.4. The lowest BCUT2D eigenvalue weighted by atomic mass is 9.39. The largest absolute Gasteiger partial charge is 0.360 e. The Morgan fingerprint density at radius 2 is 1.94 bits per heavy atom. The highest BCUT2D eigenvalue weighted by molar-refractivity contribution is 6.33. The molecule has 4 fully saturated rings. The van der Waals surface area contributed by atoms with Crippen LogP contribution in [0.5, 0.6) is 0 Å². The Balaban J connectivity index is 1.09. The average Bonchev–Trinajstić information content (AvgIpc) is 3.25. The molecule has 4 saturated carbocycles. The summed E-state index contributed by atoms with van der Waals surface area (Å²) in [5.74, 6) is 0.491. The third kappa shape index (κ3) is 3.93. The molecule has 2 heterocycles. The number of rotatable bonds is 7. The average molecular weight is 505 g/mol. The molecule has 2 atom stereocenters. The minimum absolute atomic E-state index is 0.108. The second kappa shape index (κ2) is 8.62. The first kappa shape index (κ1) is 23.0. The smallest absolute Gasteiger partial charge is 0.243 e. The Labute approximate surface area is 214 Å². The molecule has 4 aliphatic carbocycles. The van der Waals surface area contributed by atoms with Crippen molar-refractivity contribution in [3.8, 4) is 11.3 Å². The highest BCUT2D eigenvalue weighted by Crippen LogP contribution is 2.67. The van der Waals surface area contributed by atoms with E-state index < -0.39 is 0 Å². The van der Waals surface area contributed by atoms with E-state index in [2.05, 4.69) is 32.5 Å². The number of hydrogen-bond donors (Lipinski definition) is 4. The number of amides is 2. The number of aromatic nitrogens is 3. The van der Waals surface area contributed by atoms with E-state index in [9.17, 15) is 9.59 Å². The van der Waals surface area contributed by atoms with Gasteiger partial charge in [-0.2, -0.15) is 0 Å². The highest BCUT2D eigenvalue weighted by atomic mass is 35.5. The predicted molar refractivity (Wildman–Crippen MR) is 139 cm³/mol. The molecular weight excluding hydrogens is 476 g/mol. The molecule has 8 nitrogen and oxygen atoms in total. The number of fused-ring (bicyclic) bond motifs is 1. The number of nitrogens with zero attached hydrogens (tertiary/aromatic N) is 2. The van der Waals surface area contributed by atoms with Crippen LogP contribution in [-0.4, -0.2) is 44.4 Å². The molecule has 7 rings (SSSR count). The Morgan fingerprint density at radius 3 is 2.75 bits per heavy atom. The molecule has 9 heteroatoms. The molecule has 4 aliphatic rings. The minimum Gasteiger partial charge on any atom is -0.360 e. The molecule has 2 amide bonds. The number of nitrogens with one attached hydrogen (secondary N) is 4. The van der Waals surface area contributed by atoms with Gasteiger partial charge in [-0.15, -0.1) is 0 Å². The number of hydrogen-bond acceptors (Lipinski definition) is 5. The summed E-state index contributed by atoms with van der Waals surface area (Å²) in [4.78, 5) is 37.1. The molecular formula is C27H29ClN6O2. The van der Waals surface area contributed by atoms with Crippen molar-refractivity contribution in [2.75, 3.05) is 5.32 Å². The van der Waals surface area contributed by atoms with Crippen molar-refractivity contribution in [3.05, 3.63) is 54.3 Å². The fraction of sp³-hybridized carbons (Fsp3) is 0.407. The third-order valence-electron chi connectivity index (χ3n) is 8.02. The molecule has 186 valence electrons. The van der Waals surface area contributed by atoms with Crippen LogP contribution in [0.15, 0.2) is 49.3 Å². The van der Waals surface area contributed by atoms with Crippen molar-refractivity contribution < 1.29 is 9.59 Å². The summed E-state index contributed by atoms with van der Waals surface area (Å²) >= 11 is 6.48. The van der Waals surface area contributed by atoms with Gasteiger partial charge in [0.05, 0.1) is 22.3 Å². The van der Waals surface area contributed by atoms with E-state index in [0.29, 0.717) is 16.7 Å². The fourth-order valence-corrected chi connectivity index (χ4v) is 6.53. The number of para-hydroxylation sites is 1. The molecule has 0 saturated heterocycles. The molecule has 3 aromatic rings. The standard InChI is InChI=1S/C27H29ClN6O2/c1-2-22(35)34-27-13-26(14-27,15-27)24(36)31-16-6-5-7-17(10-16)32-25-30-12-20(28)23(33-25)19-11-29-21-9-4-3-8-18(19)21/h2-4,8-9,11-12,16-17,29H,1,5-7,10,13-15H2,(H,31,36)(H,34,35)(H,30,32,33)/t16-,17+,26?,27?/m0/s1. The quantitative estimate of drug-likeness (QED) is 0.357. The molecule has 2 aromatic heterocycles. The van der Waals surface area contributed by atoms with Gasteiger partial charge in [0.1, 0.15) is 0 Å². The van der Waals surface area contributed by atoms with Crippen molar-refractivity contribution >= 4 is 40.3 Å². The zero-order valence-corrected chi connectivity index (χ0v) is 20.7. The monoisotopic (exact) mass is 504 g/mol. The number of benzene rings is 1. The van der Waals surface area contributed by atoms with Gasteiger partial charge in [0.25, 0.3) is 0 Å². The lowest BCUT2D eigenvalue weighted by Crippen LogP contribution is -2.78. The van der Waals surface area contributed by atoms with Crippen LogP contribution in [0.1, 0.15) is 44.9 Å². The predicted octanol–water partition coefficient (Wildman–Crippen LogP) is 4.34. The minimum atomic E-state index is -0.317. The van der Waals surface area contributed by atoms with Gasteiger partial charge in [-0.3, -0.25) is 9.59 Å². The van der Waals surface area contributed by atoms with Crippen molar-refractivity contribution in [1.82, 2.24) is 25.6 Å². The van der Waals surface area contributed by atoms with Gasteiger partial charge >= 0.3 is 0 Å². The van der Waals surface area contributed by atoms with Crippen LogP contribution in [-0.2, 0) is 9.59 Å². The van der Waals surface area contributed by atoms with E-state index in [1.54, 1.807) is 6.20 Å². The highest BCUT2D eigenvalue weighted by Gasteiger charge is 2.72. The van der Waals surface area contributed by atoms with Gasteiger partial charge in [0.15, 0.2) is 0 Å². The second-order valence-corrected chi connectivity index (χ2v) is 11.0. The fourth-order valence-electron chi connectivity index (χ4n) is 6.34. The van der Waals surface area contributed by atoms with E-state index in [-0.39, 0.29) is 34.9 Å². The van der Waals surface area contributed by atoms with Crippen LogP contribution >= 0.6 is 11.6 Å². The first-order valence-corrected chi connectivity index (χ1v) is 12.9. The van der Waals surface area contributed by atoms with Gasteiger partial charge in [-0.1, -0.05) is 36.4 Å². The molecule has 1 aromatic carbocycles. The van der Waals surface area contributed by atoms with Crippen LogP contribution in [0, 0.1) is 5.41 Å². The Bertz CT molecular complexity index is 1350. The lowest BCUT2D eigenvalue weighted by Gasteiger charge is -2.69. The molecule has 0 unspecified atom stereocenters. The van der Waals surface area contributed by atoms with E-state index in [4.69, 9.17) is 16.6 Å². The van der Waals surface area contributed by atoms with Gasteiger partial charge < -0.3 is 20.9 Å². The van der Waals surface area contributed by atoms with E-state index in [1.165, 1.54) is 6.08 Å². The van der Waals surface area contributed by atoms with Crippen LogP contribution in [0.2, 0.25) is 5.02 Å². The second-order valence-electron chi connectivity index (χ2n) is 10.6. The van der Waals surface area contributed by atoms with Crippen LogP contribution in [0.4, 0.5) is 5.95 Å². The maximum Gasteiger partial charge on any atom is 0.243 e. The number of anilines is 1. The van der Waals surface area contributed by atoms with Crippen molar-refractivity contribution in [3.63, 3.8) is 0 Å². The maximum atomic E-state index is 13.0. The number of aromatic amines is 1. The van der Waals surface area contributed by atoms with Crippen LogP contribution in [0.25, 0.3) is 22.2 Å². The molecule has 0 radical (unpaired) electrons. The number of carbonyl (C=O) groups excluding carboxylic acids is 2. The summed E-state index contributed by atoms with van der Waals surface area (Å²) < 4.78 is 0.